The van der Waals surface area contributed by atoms with Crippen LogP contribution in [0.5, 0.6) is 0 Å². The van der Waals surface area contributed by atoms with E-state index in [0.717, 1.165) is 4.88 Å². The van der Waals surface area contributed by atoms with Crippen LogP contribution in [0, 0.1) is 0 Å². The largest absolute Gasteiger partial charge is 0.337 e. The van der Waals surface area contributed by atoms with Crippen LogP contribution in [0.3, 0.4) is 0 Å². The highest BCUT2D eigenvalue weighted by atomic mass is 32.2. The van der Waals surface area contributed by atoms with Crippen molar-refractivity contribution < 1.29 is 8.42 Å². The second-order valence-electron chi connectivity index (χ2n) is 3.79. The fraction of sp³-hybridized carbons (Fsp3) is 0.100. The maximum absolute atomic E-state index is 11.7. The summed E-state index contributed by atoms with van der Waals surface area (Å²) in [7, 11) is -3.30. The number of sulfone groups is 1. The van der Waals surface area contributed by atoms with Gasteiger partial charge >= 0.3 is 0 Å². The lowest BCUT2D eigenvalue weighted by Crippen LogP contribution is -1.97. The fourth-order valence-electron chi connectivity index (χ4n) is 1.69. The number of imidazole rings is 1. The van der Waals surface area contributed by atoms with Gasteiger partial charge in [-0.2, -0.15) is 0 Å². The molecule has 0 aliphatic carbocycles. The smallest absolute Gasteiger partial charge is 0.177 e. The minimum atomic E-state index is -3.30. The predicted molar refractivity (Wildman–Crippen MR) is 68.1 cm³/mol. The Kier molecular flexibility index (Phi) is 2.42. The Balaban J connectivity index is 2.31. The topological polar surface area (TPSA) is 88.6 Å². The number of para-hydroxylation sites is 1. The highest BCUT2D eigenvalue weighted by Gasteiger charge is 2.16. The van der Waals surface area contributed by atoms with E-state index in [4.69, 9.17) is 0 Å². The van der Waals surface area contributed by atoms with Gasteiger partial charge in [-0.25, -0.2) is 13.4 Å². The Morgan fingerprint density at radius 2 is 2.17 bits per heavy atom. The van der Waals surface area contributed by atoms with E-state index in [1.807, 2.05) is 0 Å². The molecular formula is C10H8N4O2S2. The van der Waals surface area contributed by atoms with Crippen molar-refractivity contribution in [2.45, 2.75) is 4.90 Å². The Labute approximate surface area is 107 Å². The number of H-pyrrole nitrogens is 1. The first kappa shape index (κ1) is 11.3. The van der Waals surface area contributed by atoms with Gasteiger partial charge in [-0.1, -0.05) is 10.6 Å². The van der Waals surface area contributed by atoms with Gasteiger partial charge in [0.05, 0.1) is 16.6 Å². The lowest BCUT2D eigenvalue weighted by atomic mass is 10.3. The molecule has 18 heavy (non-hydrogen) atoms. The van der Waals surface area contributed by atoms with E-state index in [1.54, 1.807) is 24.4 Å². The van der Waals surface area contributed by atoms with E-state index in [2.05, 4.69) is 19.6 Å². The molecule has 2 heterocycles. The molecule has 1 N–H and O–H groups in total. The van der Waals surface area contributed by atoms with Gasteiger partial charge in [0.15, 0.2) is 15.7 Å². The maximum atomic E-state index is 11.7. The number of aromatic nitrogens is 4. The molecule has 3 rings (SSSR count). The average molecular weight is 280 g/mol. The number of nitrogens with zero attached hydrogens (tertiary/aromatic N) is 3. The van der Waals surface area contributed by atoms with Gasteiger partial charge in [-0.15, -0.1) is 5.10 Å². The van der Waals surface area contributed by atoms with Crippen molar-refractivity contribution in [3.05, 3.63) is 24.4 Å². The standard InChI is InChI=1S/C10H8N4O2S2/c1-18(15,16)8-4-2-3-6-9(8)13-10(12-6)7-5-11-14-17-7/h2-5H,1H3,(H,12,13). The predicted octanol–water partition coefficient (Wildman–Crippen LogP) is 1.48. The molecule has 0 radical (unpaired) electrons. The van der Waals surface area contributed by atoms with Crippen LogP contribution in [0.15, 0.2) is 29.3 Å². The van der Waals surface area contributed by atoms with Gasteiger partial charge in [0, 0.05) is 6.26 Å². The molecule has 1 aromatic carbocycles. The molecule has 0 aliphatic heterocycles. The molecule has 8 heteroatoms. The van der Waals surface area contributed by atoms with Crippen molar-refractivity contribution in [1.82, 2.24) is 19.6 Å². The van der Waals surface area contributed by atoms with E-state index >= 15 is 0 Å². The summed E-state index contributed by atoms with van der Waals surface area (Å²) in [5.74, 6) is 0.580. The third-order valence-electron chi connectivity index (χ3n) is 2.47. The quantitative estimate of drug-likeness (QED) is 0.768. The monoisotopic (exact) mass is 280 g/mol. The summed E-state index contributed by atoms with van der Waals surface area (Å²) in [6.07, 6.45) is 2.76. The molecule has 0 spiro atoms. The molecule has 0 aliphatic rings. The van der Waals surface area contributed by atoms with Crippen LogP contribution in [0.1, 0.15) is 0 Å². The minimum Gasteiger partial charge on any atom is -0.337 e. The van der Waals surface area contributed by atoms with Crippen LogP contribution in [0.25, 0.3) is 21.7 Å². The molecular weight excluding hydrogens is 272 g/mol. The van der Waals surface area contributed by atoms with Crippen molar-refractivity contribution in [3.8, 4) is 10.7 Å². The average Bonchev–Trinajstić information content (AvgIpc) is 2.95. The third-order valence-corrected chi connectivity index (χ3v) is 4.27. The van der Waals surface area contributed by atoms with Gasteiger partial charge < -0.3 is 4.98 Å². The zero-order valence-electron chi connectivity index (χ0n) is 9.28. The Hall–Kier alpha value is -1.80. The van der Waals surface area contributed by atoms with Crippen LogP contribution in [-0.2, 0) is 9.84 Å². The van der Waals surface area contributed by atoms with Crippen molar-refractivity contribution in [3.63, 3.8) is 0 Å². The molecule has 0 saturated heterocycles. The third kappa shape index (κ3) is 1.79. The van der Waals surface area contributed by atoms with Gasteiger partial charge in [0.25, 0.3) is 0 Å². The number of aromatic amines is 1. The zero-order valence-corrected chi connectivity index (χ0v) is 10.9. The first-order valence-electron chi connectivity index (χ1n) is 5.02. The SMILES string of the molecule is CS(=O)(=O)c1cccc2[nH]c(-c3cnns3)nc12. The van der Waals surface area contributed by atoms with Crippen LogP contribution in [-0.4, -0.2) is 34.2 Å². The van der Waals surface area contributed by atoms with Crippen molar-refractivity contribution in [2.24, 2.45) is 0 Å². The second kappa shape index (κ2) is 3.85. The Bertz CT molecular complexity index is 806. The maximum Gasteiger partial charge on any atom is 0.177 e. The summed E-state index contributed by atoms with van der Waals surface area (Å²) in [6.45, 7) is 0. The molecule has 3 aromatic rings. The number of nitrogens with one attached hydrogen (secondary N) is 1. The van der Waals surface area contributed by atoms with Crippen LogP contribution >= 0.6 is 11.5 Å². The normalized spacial score (nSPS) is 12.1. The molecule has 0 amide bonds. The molecule has 0 atom stereocenters. The fourth-order valence-corrected chi connectivity index (χ4v) is 2.99. The summed E-state index contributed by atoms with van der Waals surface area (Å²) in [6, 6.07) is 5.02. The minimum absolute atomic E-state index is 0.222. The lowest BCUT2D eigenvalue weighted by Gasteiger charge is -1.97. The molecule has 0 fully saturated rings. The van der Waals surface area contributed by atoms with Crippen LogP contribution < -0.4 is 0 Å². The first-order chi connectivity index (χ1) is 8.55. The molecule has 6 nitrogen and oxygen atoms in total. The molecule has 0 saturated carbocycles. The van der Waals surface area contributed by atoms with Crippen molar-refractivity contribution in [2.75, 3.05) is 6.26 Å². The van der Waals surface area contributed by atoms with E-state index in [0.29, 0.717) is 16.9 Å². The van der Waals surface area contributed by atoms with Crippen LogP contribution in [0.2, 0.25) is 0 Å². The van der Waals surface area contributed by atoms with E-state index in [1.165, 1.54) is 17.8 Å². The first-order valence-corrected chi connectivity index (χ1v) is 7.69. The summed E-state index contributed by atoms with van der Waals surface area (Å²) >= 11 is 1.20. The summed E-state index contributed by atoms with van der Waals surface area (Å²) in [5.41, 5.74) is 1.13. The van der Waals surface area contributed by atoms with Gasteiger partial charge in [-0.05, 0) is 23.7 Å². The van der Waals surface area contributed by atoms with E-state index in [9.17, 15) is 8.42 Å². The Morgan fingerprint density at radius 3 is 2.83 bits per heavy atom. The molecule has 0 bridgehead atoms. The zero-order chi connectivity index (χ0) is 12.8. The summed E-state index contributed by atoms with van der Waals surface area (Å²) in [5, 5.41) is 3.73. The number of fused-ring (bicyclic) bond motifs is 1. The highest BCUT2D eigenvalue weighted by Crippen LogP contribution is 2.26. The number of benzene rings is 1. The Morgan fingerprint density at radius 1 is 1.33 bits per heavy atom. The van der Waals surface area contributed by atoms with Crippen molar-refractivity contribution >= 4 is 32.4 Å². The van der Waals surface area contributed by atoms with Gasteiger partial charge in [0.1, 0.15) is 10.4 Å². The van der Waals surface area contributed by atoms with Gasteiger partial charge in [-0.3, -0.25) is 0 Å². The summed E-state index contributed by atoms with van der Waals surface area (Å²) in [4.78, 5) is 8.37. The molecule has 92 valence electrons. The van der Waals surface area contributed by atoms with E-state index < -0.39 is 9.84 Å². The number of hydrogen-bond donors (Lipinski definition) is 1. The summed E-state index contributed by atoms with van der Waals surface area (Å²) < 4.78 is 27.1. The van der Waals surface area contributed by atoms with Crippen LogP contribution in [0.4, 0.5) is 0 Å². The van der Waals surface area contributed by atoms with Crippen molar-refractivity contribution in [1.29, 1.82) is 0 Å². The highest BCUT2D eigenvalue weighted by molar-refractivity contribution is 7.91. The molecule has 2 aromatic heterocycles. The van der Waals surface area contributed by atoms with Gasteiger partial charge in [0.2, 0.25) is 0 Å². The van der Waals surface area contributed by atoms with E-state index in [-0.39, 0.29) is 4.90 Å². The number of rotatable bonds is 2. The lowest BCUT2D eigenvalue weighted by molar-refractivity contribution is 0.602. The molecule has 0 unspecified atom stereocenters. The second-order valence-corrected chi connectivity index (χ2v) is 6.56. The number of hydrogen-bond acceptors (Lipinski definition) is 6.